The zero-order valence-electron chi connectivity index (χ0n) is 23.7. The number of rotatable bonds is 4. The summed E-state index contributed by atoms with van der Waals surface area (Å²) in [4.78, 5) is 44.7. The first kappa shape index (κ1) is 28.9. The lowest BCUT2D eigenvalue weighted by molar-refractivity contribution is -0.135. The number of aryl methyl sites for hydroxylation is 2. The predicted octanol–water partition coefficient (Wildman–Crippen LogP) is 2.83. The number of nitrogens with zero attached hydrogens (tertiary/aromatic N) is 2. The highest BCUT2D eigenvalue weighted by molar-refractivity contribution is 5.79. The van der Waals surface area contributed by atoms with Crippen molar-refractivity contribution < 1.29 is 28.6 Å². The Morgan fingerprint density at radius 2 is 1.88 bits per heavy atom. The number of benzene rings is 2. The molecule has 5 aliphatic heterocycles. The highest BCUT2D eigenvalue weighted by Crippen LogP contribution is 2.29. The van der Waals surface area contributed by atoms with Gasteiger partial charge in [0.05, 0.1) is 13.2 Å². The summed E-state index contributed by atoms with van der Waals surface area (Å²) in [5.74, 6) is 1.19. The average molecular weight is 573 g/mol. The third-order valence-corrected chi connectivity index (χ3v) is 7.50. The van der Waals surface area contributed by atoms with Crippen LogP contribution in [0.5, 0.6) is 17.2 Å². The monoisotopic (exact) mass is 572 g/mol. The second-order valence-corrected chi connectivity index (χ2v) is 10.5. The molecular weight excluding hydrogens is 536 g/mol. The van der Waals surface area contributed by atoms with Crippen LogP contribution in [0.4, 0.5) is 0 Å². The Kier molecular flexibility index (Phi) is 9.53. The van der Waals surface area contributed by atoms with E-state index in [1.165, 1.54) is 7.11 Å². The number of hydrogen-bond acceptors (Lipinski definition) is 7. The molecular formula is C32H36N4O6. The Bertz CT molecular complexity index is 1380. The maximum absolute atomic E-state index is 13.1. The second-order valence-electron chi connectivity index (χ2n) is 10.5. The number of amides is 3. The zero-order chi connectivity index (χ0) is 29.3. The van der Waals surface area contributed by atoms with Gasteiger partial charge < -0.3 is 29.7 Å². The third kappa shape index (κ3) is 7.78. The van der Waals surface area contributed by atoms with Gasteiger partial charge in [0.25, 0.3) is 5.91 Å². The quantitative estimate of drug-likeness (QED) is 0.494. The van der Waals surface area contributed by atoms with Crippen LogP contribution in [-0.2, 0) is 33.8 Å². The molecule has 1 fully saturated rings. The van der Waals surface area contributed by atoms with Crippen LogP contribution in [0.25, 0.3) is 0 Å². The largest absolute Gasteiger partial charge is 0.493 e. The molecule has 0 radical (unpaired) electrons. The Labute approximate surface area is 245 Å². The number of ether oxygens (including phenoxy) is 3. The predicted molar refractivity (Wildman–Crippen MR) is 155 cm³/mol. The summed E-state index contributed by atoms with van der Waals surface area (Å²) in [6.45, 7) is 1.01. The summed E-state index contributed by atoms with van der Waals surface area (Å²) >= 11 is 0. The van der Waals surface area contributed by atoms with Crippen LogP contribution >= 0.6 is 0 Å². The first-order valence-corrected chi connectivity index (χ1v) is 14.3. The number of likely N-dealkylation sites (tertiary alicyclic amines) is 1. The van der Waals surface area contributed by atoms with E-state index in [0.717, 1.165) is 16.8 Å². The van der Waals surface area contributed by atoms with E-state index in [9.17, 15) is 14.4 Å². The molecule has 42 heavy (non-hydrogen) atoms. The lowest BCUT2D eigenvalue weighted by Crippen LogP contribution is -2.58. The van der Waals surface area contributed by atoms with Crippen molar-refractivity contribution in [3.8, 4) is 17.2 Å². The van der Waals surface area contributed by atoms with Crippen molar-refractivity contribution in [2.45, 2.75) is 50.8 Å². The van der Waals surface area contributed by atoms with Crippen LogP contribution in [0.3, 0.4) is 0 Å². The fraction of sp³-hybridized carbons (Fsp3) is 0.375. The van der Waals surface area contributed by atoms with Crippen molar-refractivity contribution in [2.75, 3.05) is 26.8 Å². The third-order valence-electron chi connectivity index (χ3n) is 7.50. The number of aromatic nitrogens is 1. The molecule has 2 atom stereocenters. The normalized spacial score (nSPS) is 19.5. The zero-order valence-corrected chi connectivity index (χ0v) is 23.7. The lowest BCUT2D eigenvalue weighted by atomic mass is 10.0. The van der Waals surface area contributed by atoms with Crippen LogP contribution < -0.4 is 24.8 Å². The highest BCUT2D eigenvalue weighted by Gasteiger charge is 2.34. The van der Waals surface area contributed by atoms with Gasteiger partial charge in [-0.1, -0.05) is 24.3 Å². The van der Waals surface area contributed by atoms with E-state index in [1.54, 1.807) is 17.2 Å². The maximum atomic E-state index is 13.1. The van der Waals surface area contributed by atoms with Gasteiger partial charge in [-0.05, 0) is 60.4 Å². The minimum atomic E-state index is -0.442. The molecule has 2 N–H and O–H groups in total. The molecule has 3 amide bonds. The van der Waals surface area contributed by atoms with Crippen LogP contribution in [0, 0.1) is 0 Å². The Morgan fingerprint density at radius 3 is 2.67 bits per heavy atom. The van der Waals surface area contributed by atoms with E-state index in [1.807, 2.05) is 54.6 Å². The number of carbonyl (C=O) groups is 3. The molecule has 1 aromatic heterocycles. The molecule has 220 valence electrons. The maximum Gasteiger partial charge on any atom is 0.258 e. The number of carbonyl (C=O) groups excluding carboxylic acids is 3. The molecule has 3 aromatic rings. The summed E-state index contributed by atoms with van der Waals surface area (Å²) in [7, 11) is 1.53. The van der Waals surface area contributed by atoms with E-state index in [0.29, 0.717) is 69.0 Å². The second kappa shape index (κ2) is 13.8. The van der Waals surface area contributed by atoms with Crippen molar-refractivity contribution in [3.05, 3.63) is 83.7 Å². The van der Waals surface area contributed by atoms with E-state index in [4.69, 9.17) is 14.2 Å². The molecule has 0 unspecified atom stereocenters. The molecule has 4 bridgehead atoms. The van der Waals surface area contributed by atoms with Crippen molar-refractivity contribution in [2.24, 2.45) is 0 Å². The van der Waals surface area contributed by atoms with E-state index >= 15 is 0 Å². The minimum Gasteiger partial charge on any atom is -0.493 e. The van der Waals surface area contributed by atoms with E-state index in [-0.39, 0.29) is 30.4 Å². The molecule has 8 rings (SSSR count). The van der Waals surface area contributed by atoms with Crippen LogP contribution in [-0.4, -0.2) is 66.6 Å². The molecule has 1 saturated heterocycles. The summed E-state index contributed by atoms with van der Waals surface area (Å²) in [5.41, 5.74) is 2.74. The molecule has 0 aliphatic carbocycles. The summed E-state index contributed by atoms with van der Waals surface area (Å²) in [6, 6.07) is 18.2. The molecule has 0 saturated carbocycles. The van der Waals surface area contributed by atoms with Crippen LogP contribution in [0.15, 0.2) is 66.9 Å². The smallest absolute Gasteiger partial charge is 0.258 e. The standard InChI is InChI=1S/C32H36N4O6/c1-40-29-18-22-7-12-28(29)41-21-31(38)35-26-20-36(32(39)14-9-24-4-2-3-16-33-24)17-15-27(26)42-25-10-5-23(6-11-25)19-34-30(37)13-8-22/h2-7,10-12,16,18,26-27H,8-9,13-15,17,19-21H2,1H3,(H,34,37)(H,35,38)/t26-,27-/m1/s1. The summed E-state index contributed by atoms with van der Waals surface area (Å²) in [6.07, 6.45) is 3.67. The highest BCUT2D eigenvalue weighted by atomic mass is 16.5. The number of pyridine rings is 1. The Hall–Kier alpha value is -4.60. The number of methoxy groups -OCH3 is 1. The molecule has 0 spiro atoms. The van der Waals surface area contributed by atoms with Gasteiger partial charge in [-0.25, -0.2) is 0 Å². The average Bonchev–Trinajstić information content (AvgIpc) is 3.02. The van der Waals surface area contributed by atoms with Crippen molar-refractivity contribution in [1.29, 1.82) is 0 Å². The number of hydrogen-bond donors (Lipinski definition) is 2. The molecule has 6 heterocycles. The molecule has 5 aliphatic rings. The van der Waals surface area contributed by atoms with Gasteiger partial charge in [0.2, 0.25) is 11.8 Å². The Balaban J connectivity index is 1.32. The summed E-state index contributed by atoms with van der Waals surface area (Å²) < 4.78 is 17.6. The minimum absolute atomic E-state index is 0.00673. The van der Waals surface area contributed by atoms with Gasteiger partial charge in [-0.2, -0.15) is 0 Å². The lowest BCUT2D eigenvalue weighted by Gasteiger charge is -2.39. The molecule has 2 aromatic carbocycles. The van der Waals surface area contributed by atoms with E-state index in [2.05, 4.69) is 15.6 Å². The number of nitrogens with one attached hydrogen (secondary N) is 2. The number of piperidine rings is 1. The van der Waals surface area contributed by atoms with Crippen molar-refractivity contribution >= 4 is 17.7 Å². The van der Waals surface area contributed by atoms with E-state index < -0.39 is 6.04 Å². The SMILES string of the molecule is COc1cc2ccc1OCC(=O)N[C@@H]1CN(C(=O)CCc3ccccn3)CC[C@H]1Oc1ccc(cc1)CNC(=O)CC2. The van der Waals surface area contributed by atoms with Gasteiger partial charge >= 0.3 is 0 Å². The van der Waals surface area contributed by atoms with Gasteiger partial charge in [0.15, 0.2) is 18.1 Å². The summed E-state index contributed by atoms with van der Waals surface area (Å²) in [5, 5.41) is 6.00. The fourth-order valence-corrected chi connectivity index (χ4v) is 5.16. The topological polar surface area (TPSA) is 119 Å². The Morgan fingerprint density at radius 1 is 1.05 bits per heavy atom. The first-order valence-electron chi connectivity index (χ1n) is 14.3. The van der Waals surface area contributed by atoms with Crippen LogP contribution in [0.1, 0.15) is 36.1 Å². The first-order chi connectivity index (χ1) is 20.5. The molecule has 10 nitrogen and oxygen atoms in total. The fourth-order valence-electron chi connectivity index (χ4n) is 5.16. The molecule has 10 heteroatoms. The van der Waals surface area contributed by atoms with Gasteiger partial charge in [-0.15, -0.1) is 0 Å². The van der Waals surface area contributed by atoms with Gasteiger partial charge in [0.1, 0.15) is 11.9 Å². The van der Waals surface area contributed by atoms with Crippen LogP contribution in [0.2, 0.25) is 0 Å². The van der Waals surface area contributed by atoms with Gasteiger partial charge in [-0.3, -0.25) is 19.4 Å². The van der Waals surface area contributed by atoms with Gasteiger partial charge in [0, 0.05) is 50.8 Å². The van der Waals surface area contributed by atoms with Crippen molar-refractivity contribution in [1.82, 2.24) is 20.5 Å². The van der Waals surface area contributed by atoms with Crippen molar-refractivity contribution in [3.63, 3.8) is 0 Å².